The zero-order valence-corrected chi connectivity index (χ0v) is 8.99. The van der Waals surface area contributed by atoms with Crippen LogP contribution in [0.1, 0.15) is 21.6 Å². The lowest BCUT2D eigenvalue weighted by atomic mass is 10.0. The fourth-order valence-electron chi connectivity index (χ4n) is 2.08. The number of likely N-dealkylation sites (N-methyl/N-ethyl adjacent to an activating group) is 1. The predicted octanol–water partition coefficient (Wildman–Crippen LogP) is 0.186. The molecule has 0 fully saturated rings. The number of fused-ring (bicyclic) bond motifs is 1. The Morgan fingerprint density at radius 1 is 1.40 bits per heavy atom. The SMILES string of the molecule is CN1CCc2c(cc(C=O)c(=O)n2C)C1. The van der Waals surface area contributed by atoms with Gasteiger partial charge in [-0.05, 0) is 18.7 Å². The third-order valence-corrected chi connectivity index (χ3v) is 2.95. The molecule has 0 N–H and O–H groups in total. The largest absolute Gasteiger partial charge is 0.315 e. The van der Waals surface area contributed by atoms with Crippen LogP contribution in [0, 0.1) is 0 Å². The fraction of sp³-hybridized carbons (Fsp3) is 0.455. The summed E-state index contributed by atoms with van der Waals surface area (Å²) in [5.74, 6) is 0. The first-order chi connectivity index (χ1) is 7.13. The second kappa shape index (κ2) is 3.62. The number of carbonyl (C=O) groups is 1. The number of hydrogen-bond acceptors (Lipinski definition) is 3. The van der Waals surface area contributed by atoms with E-state index < -0.39 is 0 Å². The summed E-state index contributed by atoms with van der Waals surface area (Å²) in [6.45, 7) is 1.77. The number of hydrogen-bond donors (Lipinski definition) is 0. The van der Waals surface area contributed by atoms with Crippen LogP contribution in [0.15, 0.2) is 10.9 Å². The van der Waals surface area contributed by atoms with Gasteiger partial charge in [0.1, 0.15) is 0 Å². The van der Waals surface area contributed by atoms with Gasteiger partial charge in [-0.15, -0.1) is 0 Å². The van der Waals surface area contributed by atoms with Gasteiger partial charge in [0.05, 0.1) is 5.56 Å². The Labute approximate surface area is 88.1 Å². The molecule has 4 heteroatoms. The number of carbonyl (C=O) groups excluding carboxylic acids is 1. The van der Waals surface area contributed by atoms with E-state index in [2.05, 4.69) is 4.90 Å². The Morgan fingerprint density at radius 3 is 2.80 bits per heavy atom. The van der Waals surface area contributed by atoms with Crippen molar-refractivity contribution in [1.82, 2.24) is 9.47 Å². The van der Waals surface area contributed by atoms with Gasteiger partial charge in [0.15, 0.2) is 6.29 Å². The minimum atomic E-state index is -0.187. The average Bonchev–Trinajstić information content (AvgIpc) is 2.23. The molecule has 0 saturated heterocycles. The van der Waals surface area contributed by atoms with Gasteiger partial charge < -0.3 is 9.47 Å². The Bertz CT molecular complexity index is 462. The number of rotatable bonds is 1. The van der Waals surface area contributed by atoms with Crippen molar-refractivity contribution in [2.24, 2.45) is 7.05 Å². The molecule has 1 aromatic rings. The molecule has 0 aromatic carbocycles. The zero-order chi connectivity index (χ0) is 11.0. The molecule has 15 heavy (non-hydrogen) atoms. The van der Waals surface area contributed by atoms with Crippen LogP contribution in [0.2, 0.25) is 0 Å². The lowest BCUT2D eigenvalue weighted by Crippen LogP contribution is -2.34. The van der Waals surface area contributed by atoms with Crippen molar-refractivity contribution in [2.75, 3.05) is 13.6 Å². The maximum absolute atomic E-state index is 11.7. The quantitative estimate of drug-likeness (QED) is 0.616. The predicted molar refractivity (Wildman–Crippen MR) is 57.1 cm³/mol. The van der Waals surface area contributed by atoms with E-state index >= 15 is 0 Å². The first-order valence-electron chi connectivity index (χ1n) is 4.99. The van der Waals surface area contributed by atoms with Crippen LogP contribution >= 0.6 is 0 Å². The molecule has 0 unspecified atom stereocenters. The minimum absolute atomic E-state index is 0.187. The number of nitrogens with zero attached hydrogens (tertiary/aromatic N) is 2. The monoisotopic (exact) mass is 206 g/mol. The van der Waals surface area contributed by atoms with Crippen molar-refractivity contribution in [3.8, 4) is 0 Å². The summed E-state index contributed by atoms with van der Waals surface area (Å²) in [6, 6.07) is 1.72. The van der Waals surface area contributed by atoms with Crippen molar-refractivity contribution in [2.45, 2.75) is 13.0 Å². The van der Waals surface area contributed by atoms with Gasteiger partial charge in [-0.3, -0.25) is 9.59 Å². The third kappa shape index (κ3) is 1.61. The van der Waals surface area contributed by atoms with E-state index in [4.69, 9.17) is 0 Å². The standard InChI is InChI=1S/C11H14N2O2/c1-12-4-3-10-8(6-12)5-9(7-14)11(15)13(10)2/h5,7H,3-4,6H2,1-2H3. The Morgan fingerprint density at radius 2 is 2.13 bits per heavy atom. The van der Waals surface area contributed by atoms with Gasteiger partial charge in [-0.2, -0.15) is 0 Å². The normalized spacial score (nSPS) is 16.1. The molecule has 0 radical (unpaired) electrons. The molecule has 80 valence electrons. The molecule has 1 aliphatic rings. The van der Waals surface area contributed by atoms with Crippen LogP contribution in [0.5, 0.6) is 0 Å². The highest BCUT2D eigenvalue weighted by Crippen LogP contribution is 2.16. The van der Waals surface area contributed by atoms with E-state index in [1.165, 1.54) is 0 Å². The summed E-state index contributed by atoms with van der Waals surface area (Å²) in [7, 11) is 3.77. The topological polar surface area (TPSA) is 42.3 Å². The highest BCUT2D eigenvalue weighted by Gasteiger charge is 2.17. The first-order valence-corrected chi connectivity index (χ1v) is 4.99. The highest BCUT2D eigenvalue weighted by molar-refractivity contribution is 5.74. The molecule has 4 nitrogen and oxygen atoms in total. The smallest absolute Gasteiger partial charge is 0.261 e. The molecule has 0 bridgehead atoms. The molecule has 0 atom stereocenters. The maximum Gasteiger partial charge on any atom is 0.261 e. The minimum Gasteiger partial charge on any atom is -0.315 e. The summed E-state index contributed by atoms with van der Waals surface area (Å²) >= 11 is 0. The van der Waals surface area contributed by atoms with Crippen LogP contribution in [-0.4, -0.2) is 29.3 Å². The van der Waals surface area contributed by atoms with E-state index in [1.54, 1.807) is 17.7 Å². The summed E-state index contributed by atoms with van der Waals surface area (Å²) in [5, 5.41) is 0. The van der Waals surface area contributed by atoms with Crippen LogP contribution < -0.4 is 5.56 Å². The van der Waals surface area contributed by atoms with E-state index in [-0.39, 0.29) is 11.1 Å². The molecule has 2 rings (SSSR count). The van der Waals surface area contributed by atoms with E-state index in [0.29, 0.717) is 6.29 Å². The summed E-state index contributed by atoms with van der Waals surface area (Å²) in [4.78, 5) is 24.6. The molecule has 0 amide bonds. The van der Waals surface area contributed by atoms with Crippen LogP contribution in [0.25, 0.3) is 0 Å². The molecule has 0 aliphatic carbocycles. The molecule has 0 saturated carbocycles. The summed E-state index contributed by atoms with van der Waals surface area (Å²) in [5.41, 5.74) is 2.22. The molecule has 1 aliphatic heterocycles. The van der Waals surface area contributed by atoms with Crippen molar-refractivity contribution >= 4 is 6.29 Å². The fourth-order valence-corrected chi connectivity index (χ4v) is 2.08. The number of pyridine rings is 1. The third-order valence-electron chi connectivity index (χ3n) is 2.95. The van der Waals surface area contributed by atoms with Gasteiger partial charge in [0, 0.05) is 32.3 Å². The molecular formula is C11H14N2O2. The van der Waals surface area contributed by atoms with Gasteiger partial charge in [-0.25, -0.2) is 0 Å². The van der Waals surface area contributed by atoms with Gasteiger partial charge in [0.2, 0.25) is 0 Å². The van der Waals surface area contributed by atoms with Crippen LogP contribution in [0.3, 0.4) is 0 Å². The molecule has 1 aromatic heterocycles. The second-order valence-electron chi connectivity index (χ2n) is 4.04. The molecule has 0 spiro atoms. The highest BCUT2D eigenvalue weighted by atomic mass is 16.1. The Kier molecular flexibility index (Phi) is 2.44. The summed E-state index contributed by atoms with van der Waals surface area (Å²) < 4.78 is 1.60. The van der Waals surface area contributed by atoms with E-state index in [1.807, 2.05) is 7.05 Å². The van der Waals surface area contributed by atoms with Crippen LogP contribution in [-0.2, 0) is 20.0 Å². The lowest BCUT2D eigenvalue weighted by molar-refractivity contribution is 0.112. The summed E-state index contributed by atoms with van der Waals surface area (Å²) in [6.07, 6.45) is 1.51. The molecule has 2 heterocycles. The second-order valence-corrected chi connectivity index (χ2v) is 4.04. The Balaban J connectivity index is 2.63. The van der Waals surface area contributed by atoms with Crippen molar-refractivity contribution in [3.05, 3.63) is 33.2 Å². The van der Waals surface area contributed by atoms with E-state index in [9.17, 15) is 9.59 Å². The Hall–Kier alpha value is -1.42. The van der Waals surface area contributed by atoms with E-state index in [0.717, 1.165) is 30.8 Å². The number of aromatic nitrogens is 1. The number of aldehydes is 1. The average molecular weight is 206 g/mol. The van der Waals surface area contributed by atoms with Crippen molar-refractivity contribution in [3.63, 3.8) is 0 Å². The van der Waals surface area contributed by atoms with Crippen molar-refractivity contribution in [1.29, 1.82) is 0 Å². The van der Waals surface area contributed by atoms with Gasteiger partial charge in [-0.1, -0.05) is 0 Å². The van der Waals surface area contributed by atoms with Crippen LogP contribution in [0.4, 0.5) is 0 Å². The van der Waals surface area contributed by atoms with Crippen molar-refractivity contribution < 1.29 is 4.79 Å². The zero-order valence-electron chi connectivity index (χ0n) is 8.99. The lowest BCUT2D eigenvalue weighted by Gasteiger charge is -2.26. The van der Waals surface area contributed by atoms with Gasteiger partial charge >= 0.3 is 0 Å². The molecular weight excluding hydrogens is 192 g/mol. The first kappa shape index (κ1) is 10.1. The maximum atomic E-state index is 11.7. The van der Waals surface area contributed by atoms with Gasteiger partial charge in [0.25, 0.3) is 5.56 Å².